The summed E-state index contributed by atoms with van der Waals surface area (Å²) in [6, 6.07) is 0.642. The Morgan fingerprint density at radius 2 is 1.63 bits per heavy atom. The van der Waals surface area contributed by atoms with E-state index in [2.05, 4.69) is 39.9 Å². The van der Waals surface area contributed by atoms with Gasteiger partial charge in [0.1, 0.15) is 0 Å². The van der Waals surface area contributed by atoms with E-state index in [0.29, 0.717) is 16.9 Å². The van der Waals surface area contributed by atoms with Gasteiger partial charge in [-0.3, -0.25) is 4.79 Å². The largest absolute Gasteiger partial charge is 0.469 e. The van der Waals surface area contributed by atoms with E-state index in [9.17, 15) is 4.79 Å². The molecule has 112 valence electrons. The molecule has 0 bridgehead atoms. The molecule has 0 aromatic heterocycles. The van der Waals surface area contributed by atoms with Gasteiger partial charge in [-0.2, -0.15) is 0 Å². The molecule has 0 amide bonds. The van der Waals surface area contributed by atoms with Gasteiger partial charge in [0.15, 0.2) is 0 Å². The van der Waals surface area contributed by atoms with Crippen molar-refractivity contribution in [1.82, 2.24) is 5.32 Å². The summed E-state index contributed by atoms with van der Waals surface area (Å²) in [7, 11) is 1.46. The van der Waals surface area contributed by atoms with Crippen molar-refractivity contribution in [3.63, 3.8) is 0 Å². The number of nitrogens with one attached hydrogen (secondary N) is 1. The lowest BCUT2D eigenvalue weighted by molar-refractivity contribution is -0.145. The molecule has 19 heavy (non-hydrogen) atoms. The Morgan fingerprint density at radius 3 is 2.05 bits per heavy atom. The van der Waals surface area contributed by atoms with Gasteiger partial charge in [0.2, 0.25) is 0 Å². The lowest BCUT2D eigenvalue weighted by atomic mass is 9.63. The van der Waals surface area contributed by atoms with Crippen molar-refractivity contribution < 1.29 is 9.53 Å². The Hall–Kier alpha value is -0.570. The number of esters is 1. The van der Waals surface area contributed by atoms with E-state index in [0.717, 1.165) is 0 Å². The highest BCUT2D eigenvalue weighted by molar-refractivity contribution is 5.72. The third-order valence-corrected chi connectivity index (χ3v) is 4.38. The van der Waals surface area contributed by atoms with Crippen LogP contribution in [0, 0.1) is 16.7 Å². The molecule has 1 aliphatic carbocycles. The molecule has 1 rings (SSSR count). The highest BCUT2D eigenvalue weighted by atomic mass is 16.5. The molecule has 1 N–H and O–H groups in total. The van der Waals surface area contributed by atoms with E-state index in [1.54, 1.807) is 0 Å². The first-order chi connectivity index (χ1) is 8.56. The molecule has 1 aliphatic rings. The van der Waals surface area contributed by atoms with Crippen LogP contribution in [0.5, 0.6) is 0 Å². The maximum Gasteiger partial charge on any atom is 0.309 e. The maximum absolute atomic E-state index is 11.6. The van der Waals surface area contributed by atoms with E-state index in [1.165, 1.54) is 26.4 Å². The molecule has 3 nitrogen and oxygen atoms in total. The van der Waals surface area contributed by atoms with Crippen LogP contribution in [0.4, 0.5) is 0 Å². The molecule has 3 heteroatoms. The summed E-state index contributed by atoms with van der Waals surface area (Å²) in [4.78, 5) is 11.6. The number of ether oxygens (including phenoxy) is 1. The topological polar surface area (TPSA) is 38.3 Å². The van der Waals surface area contributed by atoms with Crippen molar-refractivity contribution in [1.29, 1.82) is 0 Å². The summed E-state index contributed by atoms with van der Waals surface area (Å²) in [6.45, 7) is 13.4. The average Bonchev–Trinajstić information content (AvgIpc) is 2.22. The minimum atomic E-state index is -0.130. The molecule has 0 aliphatic heterocycles. The molecule has 2 atom stereocenters. The number of methoxy groups -OCH3 is 1. The van der Waals surface area contributed by atoms with Crippen molar-refractivity contribution in [3.8, 4) is 0 Å². The number of carbonyl (C=O) groups is 1. The predicted molar refractivity (Wildman–Crippen MR) is 79.0 cm³/mol. The van der Waals surface area contributed by atoms with Gasteiger partial charge in [-0.05, 0) is 37.0 Å². The van der Waals surface area contributed by atoms with Gasteiger partial charge in [-0.25, -0.2) is 0 Å². The van der Waals surface area contributed by atoms with E-state index in [-0.39, 0.29) is 17.9 Å². The molecular weight excluding hydrogens is 238 g/mol. The Morgan fingerprint density at radius 1 is 1.16 bits per heavy atom. The summed E-state index contributed by atoms with van der Waals surface area (Å²) in [5.74, 6) is -0.229. The van der Waals surface area contributed by atoms with Crippen LogP contribution in [0.3, 0.4) is 0 Å². The fourth-order valence-corrected chi connectivity index (χ4v) is 3.87. The maximum atomic E-state index is 11.6. The van der Waals surface area contributed by atoms with Crippen molar-refractivity contribution in [2.24, 2.45) is 16.7 Å². The first-order valence-electron chi connectivity index (χ1n) is 7.40. The third kappa shape index (κ3) is 4.79. The van der Waals surface area contributed by atoms with Crippen LogP contribution in [0.2, 0.25) is 0 Å². The van der Waals surface area contributed by atoms with Crippen LogP contribution in [-0.4, -0.2) is 25.2 Å². The summed E-state index contributed by atoms with van der Waals surface area (Å²) in [6.07, 6.45) is 3.61. The van der Waals surface area contributed by atoms with Crippen LogP contribution >= 0.6 is 0 Å². The quantitative estimate of drug-likeness (QED) is 0.795. The molecule has 0 aromatic rings. The van der Waals surface area contributed by atoms with Crippen LogP contribution in [-0.2, 0) is 9.53 Å². The molecule has 0 heterocycles. The summed E-state index contributed by atoms with van der Waals surface area (Å²) < 4.78 is 4.83. The molecule has 1 saturated carbocycles. The Bertz CT molecular complexity index is 307. The lowest BCUT2D eigenvalue weighted by Crippen LogP contribution is -2.49. The second-order valence-electron chi connectivity index (χ2n) is 7.88. The molecule has 0 spiro atoms. The van der Waals surface area contributed by atoms with Crippen LogP contribution in [0.1, 0.15) is 60.8 Å². The van der Waals surface area contributed by atoms with Gasteiger partial charge in [0.05, 0.1) is 13.0 Å². The second kappa shape index (κ2) is 5.82. The predicted octanol–water partition coefficient (Wildman–Crippen LogP) is 3.38. The zero-order valence-electron chi connectivity index (χ0n) is 13.7. The average molecular weight is 269 g/mol. The smallest absolute Gasteiger partial charge is 0.309 e. The fourth-order valence-electron chi connectivity index (χ4n) is 3.87. The van der Waals surface area contributed by atoms with Gasteiger partial charge in [0.25, 0.3) is 0 Å². The minimum absolute atomic E-state index is 0.0989. The number of hydrogen-bond donors (Lipinski definition) is 1. The monoisotopic (exact) mass is 269 g/mol. The van der Waals surface area contributed by atoms with E-state index >= 15 is 0 Å². The van der Waals surface area contributed by atoms with Gasteiger partial charge >= 0.3 is 5.97 Å². The second-order valence-corrected chi connectivity index (χ2v) is 7.88. The summed E-state index contributed by atoms with van der Waals surface area (Å²) in [5.41, 5.74) is 0.737. The standard InChI is InChI=1S/C16H31NO2/c1-11(14(18)19-7)12(2)17-13-8-15(3,4)10-16(5,6)9-13/h11-13,17H,8-10H2,1-7H3. The Labute approximate surface area is 118 Å². The normalized spacial score (nSPS) is 25.6. The van der Waals surface area contributed by atoms with Gasteiger partial charge < -0.3 is 10.1 Å². The first kappa shape index (κ1) is 16.5. The zero-order valence-corrected chi connectivity index (χ0v) is 13.7. The van der Waals surface area contributed by atoms with Crippen molar-refractivity contribution in [3.05, 3.63) is 0 Å². The zero-order chi connectivity index (χ0) is 14.8. The summed E-state index contributed by atoms with van der Waals surface area (Å²) in [5, 5.41) is 3.64. The van der Waals surface area contributed by atoms with E-state index in [1.807, 2.05) is 6.92 Å². The molecule has 1 fully saturated rings. The number of rotatable bonds is 4. The van der Waals surface area contributed by atoms with Gasteiger partial charge in [-0.15, -0.1) is 0 Å². The van der Waals surface area contributed by atoms with Crippen LogP contribution in [0.25, 0.3) is 0 Å². The first-order valence-corrected chi connectivity index (χ1v) is 7.40. The van der Waals surface area contributed by atoms with Crippen molar-refractivity contribution >= 4 is 5.97 Å². The summed E-state index contributed by atoms with van der Waals surface area (Å²) >= 11 is 0. The van der Waals surface area contributed by atoms with E-state index in [4.69, 9.17) is 4.74 Å². The highest BCUT2D eigenvalue weighted by Crippen LogP contribution is 2.45. The van der Waals surface area contributed by atoms with Crippen LogP contribution < -0.4 is 5.32 Å². The van der Waals surface area contributed by atoms with E-state index < -0.39 is 0 Å². The minimum Gasteiger partial charge on any atom is -0.469 e. The highest BCUT2D eigenvalue weighted by Gasteiger charge is 2.39. The fraction of sp³-hybridized carbons (Fsp3) is 0.938. The third-order valence-electron chi connectivity index (χ3n) is 4.38. The Balaban J connectivity index is 2.63. The molecular formula is C16H31NO2. The van der Waals surface area contributed by atoms with Gasteiger partial charge in [0, 0.05) is 12.1 Å². The SMILES string of the molecule is COC(=O)C(C)C(C)NC1CC(C)(C)CC(C)(C)C1. The number of hydrogen-bond acceptors (Lipinski definition) is 3. The molecule has 0 radical (unpaired) electrons. The van der Waals surface area contributed by atoms with Crippen molar-refractivity contribution in [2.75, 3.05) is 7.11 Å². The molecule has 2 unspecified atom stereocenters. The van der Waals surface area contributed by atoms with Crippen LogP contribution in [0.15, 0.2) is 0 Å². The van der Waals surface area contributed by atoms with Crippen molar-refractivity contribution in [2.45, 2.75) is 72.9 Å². The lowest BCUT2D eigenvalue weighted by Gasteiger charge is -2.46. The number of carbonyl (C=O) groups excluding carboxylic acids is 1. The molecule has 0 saturated heterocycles. The Kier molecular flexibility index (Phi) is 5.05. The van der Waals surface area contributed by atoms with Gasteiger partial charge in [-0.1, -0.05) is 34.6 Å². The molecule has 0 aromatic carbocycles.